The van der Waals surface area contributed by atoms with Gasteiger partial charge in [0.25, 0.3) is 0 Å². The Morgan fingerprint density at radius 2 is 1.96 bits per heavy atom. The van der Waals surface area contributed by atoms with Gasteiger partial charge < -0.3 is 9.64 Å². The number of aromatic nitrogens is 1. The van der Waals surface area contributed by atoms with Crippen LogP contribution in [0.15, 0.2) is 53.4 Å². The van der Waals surface area contributed by atoms with Gasteiger partial charge in [0.1, 0.15) is 10.8 Å². The first kappa shape index (κ1) is 17.8. The molecule has 0 bridgehead atoms. The predicted molar refractivity (Wildman–Crippen MR) is 105 cm³/mol. The van der Waals surface area contributed by atoms with Crippen molar-refractivity contribution < 1.29 is 9.53 Å². The number of hydrogen-bond donors (Lipinski definition) is 0. The number of nitrogens with zero attached hydrogens (tertiary/aromatic N) is 2. The summed E-state index contributed by atoms with van der Waals surface area (Å²) in [6.45, 7) is 2.02. The number of thiazole rings is 1. The lowest BCUT2D eigenvalue weighted by molar-refractivity contribution is -0.128. The van der Waals surface area contributed by atoms with E-state index >= 15 is 0 Å². The molecule has 0 spiro atoms. The molecule has 0 saturated carbocycles. The summed E-state index contributed by atoms with van der Waals surface area (Å²) >= 11 is 3.17. The summed E-state index contributed by atoms with van der Waals surface area (Å²) in [4.78, 5) is 20.0. The van der Waals surface area contributed by atoms with E-state index in [4.69, 9.17) is 4.74 Å². The SMILES string of the molecule is COc1ccc(SCC(=O)N(C)[C@H](C)c2nc3ccccc3s2)cc1. The molecule has 0 radical (unpaired) electrons. The zero-order chi connectivity index (χ0) is 17.8. The number of benzene rings is 2. The number of amides is 1. The molecule has 1 heterocycles. The van der Waals surface area contributed by atoms with Gasteiger partial charge >= 0.3 is 0 Å². The van der Waals surface area contributed by atoms with E-state index in [0.717, 1.165) is 25.9 Å². The van der Waals surface area contributed by atoms with Crippen molar-refractivity contribution in [3.05, 3.63) is 53.5 Å². The molecule has 25 heavy (non-hydrogen) atoms. The molecule has 0 N–H and O–H groups in total. The van der Waals surface area contributed by atoms with Gasteiger partial charge in [-0.3, -0.25) is 4.79 Å². The predicted octanol–water partition coefficient (Wildman–Crippen LogP) is 4.62. The van der Waals surface area contributed by atoms with Crippen LogP contribution in [0.2, 0.25) is 0 Å². The molecular weight excluding hydrogens is 352 g/mol. The quantitative estimate of drug-likeness (QED) is 0.592. The Bertz CT molecular complexity index is 828. The topological polar surface area (TPSA) is 42.4 Å². The van der Waals surface area contributed by atoms with E-state index in [0.29, 0.717) is 5.75 Å². The Kier molecular flexibility index (Phi) is 5.60. The van der Waals surface area contributed by atoms with E-state index in [-0.39, 0.29) is 11.9 Å². The van der Waals surface area contributed by atoms with Crippen LogP contribution in [0, 0.1) is 0 Å². The normalized spacial score (nSPS) is 12.1. The van der Waals surface area contributed by atoms with Crippen LogP contribution in [0.4, 0.5) is 0 Å². The molecule has 2 aromatic carbocycles. The van der Waals surface area contributed by atoms with E-state index in [9.17, 15) is 4.79 Å². The van der Waals surface area contributed by atoms with Crippen molar-refractivity contribution in [3.8, 4) is 5.75 Å². The van der Waals surface area contributed by atoms with Gasteiger partial charge in [0, 0.05) is 11.9 Å². The van der Waals surface area contributed by atoms with E-state index in [1.807, 2.05) is 56.4 Å². The number of fused-ring (bicyclic) bond motifs is 1. The average molecular weight is 373 g/mol. The molecule has 0 aliphatic heterocycles. The minimum Gasteiger partial charge on any atom is -0.497 e. The first-order chi connectivity index (χ1) is 12.1. The van der Waals surface area contributed by atoms with Crippen LogP contribution < -0.4 is 4.74 Å². The number of carbonyl (C=O) groups excluding carboxylic acids is 1. The van der Waals surface area contributed by atoms with Gasteiger partial charge in [-0.2, -0.15) is 0 Å². The summed E-state index contributed by atoms with van der Waals surface area (Å²) in [5, 5.41) is 0.964. The van der Waals surface area contributed by atoms with Gasteiger partial charge in [-0.25, -0.2) is 4.98 Å². The molecule has 130 valence electrons. The summed E-state index contributed by atoms with van der Waals surface area (Å²) in [7, 11) is 3.48. The molecule has 4 nitrogen and oxygen atoms in total. The second-order valence-electron chi connectivity index (χ2n) is 5.66. The zero-order valence-corrected chi connectivity index (χ0v) is 16.1. The van der Waals surface area contributed by atoms with Crippen LogP contribution in [-0.4, -0.2) is 35.7 Å². The minimum absolute atomic E-state index is 0.0404. The molecule has 0 unspecified atom stereocenters. The van der Waals surface area contributed by atoms with Gasteiger partial charge in [0.15, 0.2) is 0 Å². The Morgan fingerprint density at radius 1 is 1.24 bits per heavy atom. The first-order valence-electron chi connectivity index (χ1n) is 7.96. The Balaban J connectivity index is 1.62. The van der Waals surface area contributed by atoms with Crippen LogP contribution in [0.3, 0.4) is 0 Å². The van der Waals surface area contributed by atoms with Gasteiger partial charge in [-0.15, -0.1) is 23.1 Å². The van der Waals surface area contributed by atoms with Crippen molar-refractivity contribution in [2.45, 2.75) is 17.9 Å². The van der Waals surface area contributed by atoms with Crippen molar-refractivity contribution in [1.29, 1.82) is 0 Å². The average Bonchev–Trinajstić information content (AvgIpc) is 3.09. The highest BCUT2D eigenvalue weighted by atomic mass is 32.2. The third kappa shape index (κ3) is 4.14. The summed E-state index contributed by atoms with van der Waals surface area (Å²) in [6, 6.07) is 15.8. The van der Waals surface area contributed by atoms with E-state index in [1.54, 1.807) is 23.3 Å². The van der Waals surface area contributed by atoms with E-state index < -0.39 is 0 Å². The molecule has 6 heteroatoms. The maximum absolute atomic E-state index is 12.5. The Hall–Kier alpha value is -2.05. The number of thioether (sulfide) groups is 1. The summed E-state index contributed by atoms with van der Waals surface area (Å²) < 4.78 is 6.30. The second-order valence-corrected chi connectivity index (χ2v) is 7.78. The molecule has 0 aliphatic rings. The third-order valence-corrected chi connectivity index (χ3v) is 6.27. The molecule has 0 saturated heterocycles. The third-order valence-electron chi connectivity index (χ3n) is 4.06. The van der Waals surface area contributed by atoms with Crippen molar-refractivity contribution in [2.75, 3.05) is 19.9 Å². The molecule has 1 aromatic heterocycles. The Morgan fingerprint density at radius 3 is 2.64 bits per heavy atom. The number of hydrogen-bond acceptors (Lipinski definition) is 5. The van der Waals surface area contributed by atoms with E-state index in [1.165, 1.54) is 11.8 Å². The van der Waals surface area contributed by atoms with Crippen molar-refractivity contribution in [2.24, 2.45) is 0 Å². The van der Waals surface area contributed by atoms with Gasteiger partial charge in [0.2, 0.25) is 5.91 Å². The fourth-order valence-electron chi connectivity index (χ4n) is 2.37. The Labute approximate surface area is 155 Å². The standard InChI is InChI=1S/C19H20N2O2S2/c1-13(19-20-16-6-4-5-7-17(16)25-19)21(2)18(22)12-24-15-10-8-14(23-3)9-11-15/h4-11,13H,12H2,1-3H3/t13-/m1/s1. The zero-order valence-electron chi connectivity index (χ0n) is 14.4. The van der Waals surface area contributed by atoms with Crippen LogP contribution in [0.1, 0.15) is 18.0 Å². The smallest absolute Gasteiger partial charge is 0.233 e. The monoisotopic (exact) mass is 372 g/mol. The first-order valence-corrected chi connectivity index (χ1v) is 9.76. The van der Waals surface area contributed by atoms with Gasteiger partial charge in [-0.1, -0.05) is 12.1 Å². The highest BCUT2D eigenvalue weighted by Gasteiger charge is 2.20. The lowest BCUT2D eigenvalue weighted by atomic mass is 10.3. The van der Waals surface area contributed by atoms with Crippen molar-refractivity contribution >= 4 is 39.2 Å². The fourth-order valence-corrected chi connectivity index (χ4v) is 4.25. The van der Waals surface area contributed by atoms with Gasteiger partial charge in [-0.05, 0) is 43.3 Å². The molecular formula is C19H20N2O2S2. The largest absolute Gasteiger partial charge is 0.497 e. The summed E-state index contributed by atoms with van der Waals surface area (Å²) in [6.07, 6.45) is 0. The fraction of sp³-hybridized carbons (Fsp3) is 0.263. The lowest BCUT2D eigenvalue weighted by Gasteiger charge is -2.23. The van der Waals surface area contributed by atoms with Crippen LogP contribution in [-0.2, 0) is 4.79 Å². The number of para-hydroxylation sites is 1. The van der Waals surface area contributed by atoms with Crippen molar-refractivity contribution in [1.82, 2.24) is 9.88 Å². The van der Waals surface area contributed by atoms with E-state index in [2.05, 4.69) is 11.1 Å². The maximum atomic E-state index is 12.5. The van der Waals surface area contributed by atoms with Crippen molar-refractivity contribution in [3.63, 3.8) is 0 Å². The maximum Gasteiger partial charge on any atom is 0.233 e. The lowest BCUT2D eigenvalue weighted by Crippen LogP contribution is -2.31. The minimum atomic E-state index is -0.0404. The molecule has 0 fully saturated rings. The number of ether oxygens (including phenoxy) is 1. The highest BCUT2D eigenvalue weighted by molar-refractivity contribution is 8.00. The second kappa shape index (κ2) is 7.89. The number of carbonyl (C=O) groups is 1. The van der Waals surface area contributed by atoms with Crippen LogP contribution in [0.5, 0.6) is 5.75 Å². The van der Waals surface area contributed by atoms with Crippen LogP contribution >= 0.6 is 23.1 Å². The summed E-state index contributed by atoms with van der Waals surface area (Å²) in [5.74, 6) is 1.31. The molecule has 1 atom stereocenters. The molecule has 3 aromatic rings. The number of rotatable bonds is 6. The molecule has 1 amide bonds. The summed E-state index contributed by atoms with van der Waals surface area (Å²) in [5.41, 5.74) is 0.989. The molecule has 0 aliphatic carbocycles. The van der Waals surface area contributed by atoms with Crippen LogP contribution in [0.25, 0.3) is 10.2 Å². The molecule has 3 rings (SSSR count). The highest BCUT2D eigenvalue weighted by Crippen LogP contribution is 2.29. The van der Waals surface area contributed by atoms with Gasteiger partial charge in [0.05, 0.1) is 29.1 Å². The number of methoxy groups -OCH3 is 1.